The van der Waals surface area contributed by atoms with Crippen LogP contribution in [0.4, 0.5) is 5.69 Å². The van der Waals surface area contributed by atoms with E-state index in [4.69, 9.17) is 14.5 Å². The van der Waals surface area contributed by atoms with Gasteiger partial charge in [0.05, 0.1) is 24.2 Å². The zero-order chi connectivity index (χ0) is 26.8. The van der Waals surface area contributed by atoms with Crippen molar-refractivity contribution in [1.82, 2.24) is 14.5 Å². The monoisotopic (exact) mass is 518 g/mol. The van der Waals surface area contributed by atoms with Crippen LogP contribution in [0, 0.1) is 0 Å². The summed E-state index contributed by atoms with van der Waals surface area (Å²) in [6.45, 7) is 3.22. The summed E-state index contributed by atoms with van der Waals surface area (Å²) in [6.07, 6.45) is 3.31. The number of anilines is 1. The maximum absolute atomic E-state index is 12.2. The first kappa shape index (κ1) is 24.7. The molecule has 1 saturated heterocycles. The number of amides is 1. The second-order valence-electron chi connectivity index (χ2n) is 9.71. The largest absolute Gasteiger partial charge is 0.486 e. The van der Waals surface area contributed by atoms with Crippen LogP contribution in [0.15, 0.2) is 91.1 Å². The maximum atomic E-state index is 12.2. The summed E-state index contributed by atoms with van der Waals surface area (Å²) in [7, 11) is 1.61. The fraction of sp³-hybridized carbons (Fsp3) is 0.219. The van der Waals surface area contributed by atoms with Gasteiger partial charge in [-0.25, -0.2) is 9.97 Å². The fourth-order valence-electron chi connectivity index (χ4n) is 5.22. The minimum Gasteiger partial charge on any atom is -0.486 e. The molecule has 0 saturated carbocycles. The zero-order valence-corrected chi connectivity index (χ0v) is 22.1. The SMILES string of the molecule is COc1ccc(-c2ccc3nc(COc4cccc(N5CCCC5=O)c4)n([C@H](C)c4ccccc4)c3c2)cn1. The summed E-state index contributed by atoms with van der Waals surface area (Å²) in [4.78, 5) is 23.4. The average Bonchev–Trinajstić information content (AvgIpc) is 3.59. The van der Waals surface area contributed by atoms with Crippen molar-refractivity contribution in [3.63, 3.8) is 0 Å². The topological polar surface area (TPSA) is 69.5 Å². The predicted molar refractivity (Wildman–Crippen MR) is 152 cm³/mol. The summed E-state index contributed by atoms with van der Waals surface area (Å²) < 4.78 is 13.8. The van der Waals surface area contributed by atoms with Gasteiger partial charge >= 0.3 is 0 Å². The highest BCUT2D eigenvalue weighted by Crippen LogP contribution is 2.31. The third kappa shape index (κ3) is 4.95. The molecular weight excluding hydrogens is 488 g/mol. The molecule has 0 N–H and O–H groups in total. The minimum atomic E-state index is 0.0348. The number of ether oxygens (including phenoxy) is 2. The van der Waals surface area contributed by atoms with Crippen molar-refractivity contribution in [2.75, 3.05) is 18.6 Å². The lowest BCUT2D eigenvalue weighted by molar-refractivity contribution is -0.117. The summed E-state index contributed by atoms with van der Waals surface area (Å²) in [5.41, 5.74) is 6.04. The molecule has 1 amide bonds. The highest BCUT2D eigenvalue weighted by Gasteiger charge is 2.22. The first-order valence-electron chi connectivity index (χ1n) is 13.2. The van der Waals surface area contributed by atoms with E-state index in [1.54, 1.807) is 7.11 Å². The highest BCUT2D eigenvalue weighted by atomic mass is 16.5. The normalized spacial score (nSPS) is 14.1. The van der Waals surface area contributed by atoms with Gasteiger partial charge in [0.25, 0.3) is 0 Å². The Bertz CT molecular complexity index is 1610. The van der Waals surface area contributed by atoms with E-state index in [0.717, 1.165) is 46.6 Å². The van der Waals surface area contributed by atoms with Crippen LogP contribution in [-0.4, -0.2) is 34.1 Å². The molecular formula is C32H30N4O3. The number of aromatic nitrogens is 3. The molecule has 196 valence electrons. The minimum absolute atomic E-state index is 0.0348. The molecule has 0 aliphatic carbocycles. The van der Waals surface area contributed by atoms with E-state index in [9.17, 15) is 4.79 Å². The molecule has 1 atom stereocenters. The van der Waals surface area contributed by atoms with Crippen molar-refractivity contribution in [3.05, 3.63) is 103 Å². The van der Waals surface area contributed by atoms with Crippen LogP contribution in [0.2, 0.25) is 0 Å². The molecule has 0 unspecified atom stereocenters. The average molecular weight is 519 g/mol. The first-order valence-corrected chi connectivity index (χ1v) is 13.2. The summed E-state index contributed by atoms with van der Waals surface area (Å²) >= 11 is 0. The van der Waals surface area contributed by atoms with Crippen LogP contribution in [-0.2, 0) is 11.4 Å². The highest BCUT2D eigenvalue weighted by molar-refractivity contribution is 5.95. The maximum Gasteiger partial charge on any atom is 0.227 e. The Labute approximate surface area is 227 Å². The van der Waals surface area contributed by atoms with Gasteiger partial charge in [0.15, 0.2) is 0 Å². The van der Waals surface area contributed by atoms with Gasteiger partial charge in [0, 0.05) is 42.5 Å². The van der Waals surface area contributed by atoms with E-state index in [-0.39, 0.29) is 11.9 Å². The Morgan fingerprint density at radius 1 is 0.949 bits per heavy atom. The Balaban J connectivity index is 1.36. The molecule has 7 nitrogen and oxygen atoms in total. The predicted octanol–water partition coefficient (Wildman–Crippen LogP) is 6.42. The van der Waals surface area contributed by atoms with Crippen molar-refractivity contribution < 1.29 is 14.3 Å². The fourth-order valence-corrected chi connectivity index (χ4v) is 5.22. The Kier molecular flexibility index (Phi) is 6.71. The second-order valence-corrected chi connectivity index (χ2v) is 9.71. The molecule has 0 bridgehead atoms. The molecule has 2 aromatic heterocycles. The van der Waals surface area contributed by atoms with Gasteiger partial charge in [-0.05, 0) is 54.8 Å². The molecule has 0 spiro atoms. The van der Waals surface area contributed by atoms with Crippen LogP contribution in [0.5, 0.6) is 11.6 Å². The molecule has 3 aromatic carbocycles. The molecule has 3 heterocycles. The van der Waals surface area contributed by atoms with Gasteiger partial charge in [0.1, 0.15) is 18.2 Å². The Morgan fingerprint density at radius 3 is 2.54 bits per heavy atom. The molecule has 6 rings (SSSR count). The summed E-state index contributed by atoms with van der Waals surface area (Å²) in [5, 5.41) is 0. The number of benzene rings is 3. The number of imidazole rings is 1. The van der Waals surface area contributed by atoms with E-state index in [1.165, 1.54) is 5.56 Å². The van der Waals surface area contributed by atoms with E-state index in [1.807, 2.05) is 59.6 Å². The Hall–Kier alpha value is -4.65. The smallest absolute Gasteiger partial charge is 0.227 e. The van der Waals surface area contributed by atoms with Gasteiger partial charge in [-0.3, -0.25) is 4.79 Å². The standard InChI is InChI=1S/C32H30N4O3/c1-22(23-8-4-3-5-9-23)36-29-18-24(25-14-16-31(38-2)33-20-25)13-15-28(29)34-30(36)21-39-27-11-6-10-26(19-27)35-17-7-12-32(35)37/h3-6,8-11,13-16,18-20,22H,7,12,17,21H2,1-2H3/t22-/m1/s1. The van der Waals surface area contributed by atoms with E-state index in [0.29, 0.717) is 24.7 Å². The zero-order valence-electron chi connectivity index (χ0n) is 22.1. The third-order valence-corrected chi connectivity index (χ3v) is 7.28. The van der Waals surface area contributed by atoms with Crippen LogP contribution in [0.3, 0.4) is 0 Å². The summed E-state index contributed by atoms with van der Waals surface area (Å²) in [5.74, 6) is 2.28. The van der Waals surface area contributed by atoms with Crippen molar-refractivity contribution in [3.8, 4) is 22.8 Å². The summed E-state index contributed by atoms with van der Waals surface area (Å²) in [6, 6.07) is 28.3. The van der Waals surface area contributed by atoms with Crippen molar-refractivity contribution in [2.45, 2.75) is 32.4 Å². The molecule has 5 aromatic rings. The molecule has 1 aliphatic rings. The van der Waals surface area contributed by atoms with E-state index < -0.39 is 0 Å². The van der Waals surface area contributed by atoms with Crippen molar-refractivity contribution in [1.29, 1.82) is 0 Å². The van der Waals surface area contributed by atoms with Crippen molar-refractivity contribution >= 4 is 22.6 Å². The van der Waals surface area contributed by atoms with Gasteiger partial charge in [-0.1, -0.05) is 42.5 Å². The van der Waals surface area contributed by atoms with Gasteiger partial charge < -0.3 is 18.9 Å². The molecule has 39 heavy (non-hydrogen) atoms. The van der Waals surface area contributed by atoms with Crippen molar-refractivity contribution in [2.24, 2.45) is 0 Å². The number of hydrogen-bond acceptors (Lipinski definition) is 5. The van der Waals surface area contributed by atoms with Crippen LogP contribution < -0.4 is 14.4 Å². The van der Waals surface area contributed by atoms with Crippen LogP contribution in [0.1, 0.15) is 37.2 Å². The quantitative estimate of drug-likeness (QED) is 0.237. The number of nitrogens with zero attached hydrogens (tertiary/aromatic N) is 4. The number of pyridine rings is 1. The van der Waals surface area contributed by atoms with Crippen LogP contribution >= 0.6 is 0 Å². The number of carbonyl (C=O) groups is 1. The Morgan fingerprint density at radius 2 is 1.79 bits per heavy atom. The van der Waals surface area contributed by atoms with E-state index >= 15 is 0 Å². The number of rotatable bonds is 8. The molecule has 0 radical (unpaired) electrons. The lowest BCUT2D eigenvalue weighted by atomic mass is 10.1. The molecule has 1 fully saturated rings. The number of carbonyl (C=O) groups excluding carboxylic acids is 1. The lowest BCUT2D eigenvalue weighted by Gasteiger charge is -2.19. The van der Waals surface area contributed by atoms with Gasteiger partial charge in [-0.2, -0.15) is 0 Å². The molecule has 7 heteroatoms. The number of fused-ring (bicyclic) bond motifs is 1. The van der Waals surface area contributed by atoms with Gasteiger partial charge in [-0.15, -0.1) is 0 Å². The van der Waals surface area contributed by atoms with E-state index in [2.05, 4.69) is 52.9 Å². The van der Waals surface area contributed by atoms with Crippen LogP contribution in [0.25, 0.3) is 22.2 Å². The second kappa shape index (κ2) is 10.6. The third-order valence-electron chi connectivity index (χ3n) is 7.28. The lowest BCUT2D eigenvalue weighted by Crippen LogP contribution is -2.23. The molecule has 1 aliphatic heterocycles. The number of methoxy groups -OCH3 is 1. The first-order chi connectivity index (χ1) is 19.1. The van der Waals surface area contributed by atoms with Gasteiger partial charge in [0.2, 0.25) is 11.8 Å². The number of hydrogen-bond donors (Lipinski definition) is 0.